The third-order valence-electron chi connectivity index (χ3n) is 2.10. The molecule has 0 atom stereocenters. The van der Waals surface area contributed by atoms with Crippen LogP contribution in [0.1, 0.15) is 25.7 Å². The smallest absolute Gasteiger partial charge is 0.213 e. The number of aliphatic hydroxyl groups excluding tert-OH is 1. The summed E-state index contributed by atoms with van der Waals surface area (Å²) in [6.45, 7) is 0. The fourth-order valence-electron chi connectivity index (χ4n) is 1.41. The molecule has 0 radical (unpaired) electrons. The first-order chi connectivity index (χ1) is 5.72. The highest BCUT2D eigenvalue weighted by molar-refractivity contribution is 5.76. The molecule has 5 nitrogen and oxygen atoms in total. The van der Waals surface area contributed by atoms with Crippen molar-refractivity contribution in [2.45, 2.75) is 37.8 Å². The molecule has 0 aromatic carbocycles. The highest BCUT2D eigenvalue weighted by Crippen LogP contribution is 2.20. The molecule has 0 bridgehead atoms. The van der Waals surface area contributed by atoms with Gasteiger partial charge in [0.1, 0.15) is 0 Å². The van der Waals surface area contributed by atoms with Crippen molar-refractivity contribution in [3.05, 3.63) is 0 Å². The molecule has 1 aliphatic carbocycles. The van der Waals surface area contributed by atoms with Gasteiger partial charge in [0.2, 0.25) is 5.96 Å². The van der Waals surface area contributed by atoms with Gasteiger partial charge in [0, 0.05) is 0 Å². The van der Waals surface area contributed by atoms with Crippen LogP contribution in [0.2, 0.25) is 0 Å². The third kappa shape index (κ3) is 2.67. The summed E-state index contributed by atoms with van der Waals surface area (Å²) in [6, 6.07) is 0.146. The second kappa shape index (κ2) is 4.27. The number of hydroxylamine groups is 1. The summed E-state index contributed by atoms with van der Waals surface area (Å²) in [6.07, 6.45) is 3.03. The van der Waals surface area contributed by atoms with Crippen molar-refractivity contribution in [2.24, 2.45) is 10.7 Å². The maximum absolute atomic E-state index is 9.17. The van der Waals surface area contributed by atoms with E-state index >= 15 is 0 Å². The molecule has 70 valence electrons. The Morgan fingerprint density at radius 3 is 2.42 bits per heavy atom. The van der Waals surface area contributed by atoms with Crippen LogP contribution >= 0.6 is 0 Å². The van der Waals surface area contributed by atoms with Crippen LogP contribution in [-0.2, 0) is 0 Å². The topological polar surface area (TPSA) is 90.9 Å². The zero-order valence-corrected chi connectivity index (χ0v) is 6.90. The minimum Gasteiger partial charge on any atom is -0.393 e. The van der Waals surface area contributed by atoms with Crippen LogP contribution in [0.3, 0.4) is 0 Å². The first-order valence-electron chi connectivity index (χ1n) is 4.14. The van der Waals surface area contributed by atoms with Gasteiger partial charge < -0.3 is 10.8 Å². The van der Waals surface area contributed by atoms with Gasteiger partial charge in [-0.25, -0.2) is 10.5 Å². The SMILES string of the molecule is NC(=NC1CCC(O)CC1)NO. The van der Waals surface area contributed by atoms with Gasteiger partial charge in [-0.2, -0.15) is 0 Å². The van der Waals surface area contributed by atoms with Crippen molar-refractivity contribution in [1.29, 1.82) is 0 Å². The zero-order chi connectivity index (χ0) is 8.97. The van der Waals surface area contributed by atoms with E-state index in [-0.39, 0.29) is 18.1 Å². The monoisotopic (exact) mass is 173 g/mol. The van der Waals surface area contributed by atoms with Gasteiger partial charge in [0.05, 0.1) is 12.1 Å². The normalized spacial score (nSPS) is 31.7. The van der Waals surface area contributed by atoms with Crippen LogP contribution in [0.15, 0.2) is 4.99 Å². The summed E-state index contributed by atoms with van der Waals surface area (Å²) in [5.41, 5.74) is 7.05. The summed E-state index contributed by atoms with van der Waals surface area (Å²) in [4.78, 5) is 4.01. The summed E-state index contributed by atoms with van der Waals surface area (Å²) < 4.78 is 0. The third-order valence-corrected chi connectivity index (χ3v) is 2.10. The zero-order valence-electron chi connectivity index (χ0n) is 6.90. The van der Waals surface area contributed by atoms with Crippen LogP contribution < -0.4 is 11.2 Å². The van der Waals surface area contributed by atoms with E-state index in [9.17, 15) is 5.11 Å². The Morgan fingerprint density at radius 1 is 1.33 bits per heavy atom. The Kier molecular flexibility index (Phi) is 3.31. The highest BCUT2D eigenvalue weighted by Gasteiger charge is 2.18. The molecule has 0 amide bonds. The van der Waals surface area contributed by atoms with E-state index < -0.39 is 0 Å². The summed E-state index contributed by atoms with van der Waals surface area (Å²) in [7, 11) is 0. The number of aliphatic hydroxyl groups is 1. The highest BCUT2D eigenvalue weighted by atomic mass is 16.5. The van der Waals surface area contributed by atoms with E-state index in [2.05, 4.69) is 4.99 Å². The van der Waals surface area contributed by atoms with Crippen molar-refractivity contribution in [3.8, 4) is 0 Å². The number of aliphatic imine (C=N–C) groups is 1. The molecule has 5 heteroatoms. The van der Waals surface area contributed by atoms with E-state index in [0.717, 1.165) is 25.7 Å². The lowest BCUT2D eigenvalue weighted by Crippen LogP contribution is -2.31. The van der Waals surface area contributed by atoms with E-state index in [1.54, 1.807) is 5.48 Å². The largest absolute Gasteiger partial charge is 0.393 e. The maximum atomic E-state index is 9.17. The number of nitrogens with one attached hydrogen (secondary N) is 1. The van der Waals surface area contributed by atoms with E-state index in [1.807, 2.05) is 0 Å². The van der Waals surface area contributed by atoms with Crippen LogP contribution in [0, 0.1) is 0 Å². The summed E-state index contributed by atoms with van der Waals surface area (Å²) >= 11 is 0. The van der Waals surface area contributed by atoms with Crippen LogP contribution in [-0.4, -0.2) is 28.4 Å². The molecule has 0 saturated heterocycles. The minimum atomic E-state index is -0.181. The van der Waals surface area contributed by atoms with Crippen molar-refractivity contribution >= 4 is 5.96 Å². The summed E-state index contributed by atoms with van der Waals surface area (Å²) in [5.74, 6) is 0.0522. The average molecular weight is 173 g/mol. The Labute approximate surface area is 71.3 Å². The van der Waals surface area contributed by atoms with E-state index in [0.29, 0.717) is 0 Å². The molecule has 0 heterocycles. The van der Waals surface area contributed by atoms with Gasteiger partial charge in [-0.15, -0.1) is 0 Å². The van der Waals surface area contributed by atoms with Crippen molar-refractivity contribution in [1.82, 2.24) is 5.48 Å². The molecule has 1 aliphatic rings. The molecular weight excluding hydrogens is 158 g/mol. The van der Waals surface area contributed by atoms with Crippen LogP contribution in [0.5, 0.6) is 0 Å². The molecule has 1 saturated carbocycles. The van der Waals surface area contributed by atoms with Crippen LogP contribution in [0.25, 0.3) is 0 Å². The number of nitrogens with two attached hydrogens (primary N) is 1. The first kappa shape index (κ1) is 9.28. The van der Waals surface area contributed by atoms with Gasteiger partial charge in [-0.3, -0.25) is 5.21 Å². The Hall–Kier alpha value is -0.810. The van der Waals surface area contributed by atoms with Crippen LogP contribution in [0.4, 0.5) is 0 Å². The Bertz CT molecular complexity index is 164. The van der Waals surface area contributed by atoms with Crippen molar-refractivity contribution in [2.75, 3.05) is 0 Å². The maximum Gasteiger partial charge on any atom is 0.213 e. The molecular formula is C7H15N3O2. The molecule has 1 fully saturated rings. The van der Waals surface area contributed by atoms with Gasteiger partial charge >= 0.3 is 0 Å². The summed E-state index contributed by atoms with van der Waals surface area (Å²) in [5, 5.41) is 17.5. The van der Waals surface area contributed by atoms with Gasteiger partial charge in [0.25, 0.3) is 0 Å². The lowest BCUT2D eigenvalue weighted by molar-refractivity contribution is 0.123. The van der Waals surface area contributed by atoms with Crippen molar-refractivity contribution < 1.29 is 10.3 Å². The van der Waals surface area contributed by atoms with Gasteiger partial charge in [-0.1, -0.05) is 0 Å². The fraction of sp³-hybridized carbons (Fsp3) is 0.857. The molecule has 0 aromatic rings. The quantitative estimate of drug-likeness (QED) is 0.246. The average Bonchev–Trinajstić information content (AvgIpc) is 2.09. The fourth-order valence-corrected chi connectivity index (χ4v) is 1.41. The van der Waals surface area contributed by atoms with E-state index in [1.165, 1.54) is 0 Å². The van der Waals surface area contributed by atoms with Gasteiger partial charge in [0.15, 0.2) is 0 Å². The van der Waals surface area contributed by atoms with E-state index in [4.69, 9.17) is 10.9 Å². The Balaban J connectivity index is 2.35. The standard InChI is InChI=1S/C7H15N3O2/c8-7(10-12)9-5-1-3-6(11)4-2-5/h5-6,11-12H,1-4H2,(H3,8,9,10). The molecule has 0 aromatic heterocycles. The molecule has 0 unspecified atom stereocenters. The predicted octanol–water partition coefficient (Wildman–Crippen LogP) is -0.417. The number of guanidine groups is 1. The Morgan fingerprint density at radius 2 is 1.92 bits per heavy atom. The predicted molar refractivity (Wildman–Crippen MR) is 44.8 cm³/mol. The molecule has 0 spiro atoms. The number of nitrogens with zero attached hydrogens (tertiary/aromatic N) is 1. The first-order valence-corrected chi connectivity index (χ1v) is 4.14. The second-order valence-corrected chi connectivity index (χ2v) is 3.09. The molecule has 12 heavy (non-hydrogen) atoms. The lowest BCUT2D eigenvalue weighted by Gasteiger charge is -2.22. The molecule has 0 aliphatic heterocycles. The second-order valence-electron chi connectivity index (χ2n) is 3.09. The number of rotatable bonds is 1. The number of hydrogen-bond donors (Lipinski definition) is 4. The minimum absolute atomic E-state index is 0.0522. The molecule has 1 rings (SSSR count). The van der Waals surface area contributed by atoms with Crippen molar-refractivity contribution in [3.63, 3.8) is 0 Å². The molecule has 5 N–H and O–H groups in total. The van der Waals surface area contributed by atoms with Gasteiger partial charge in [-0.05, 0) is 25.7 Å². The lowest BCUT2D eigenvalue weighted by atomic mass is 9.94. The number of hydrogen-bond acceptors (Lipinski definition) is 3.